The van der Waals surface area contributed by atoms with Crippen molar-refractivity contribution in [1.82, 2.24) is 19.9 Å². The quantitative estimate of drug-likeness (QED) is 0.403. The first-order valence-electron chi connectivity index (χ1n) is 12.5. The van der Waals surface area contributed by atoms with Crippen molar-refractivity contribution in [3.8, 4) is 11.6 Å². The van der Waals surface area contributed by atoms with Crippen LogP contribution in [0.15, 0.2) is 12.3 Å². The van der Waals surface area contributed by atoms with Gasteiger partial charge < -0.3 is 20.3 Å². The molecule has 1 aliphatic rings. The largest absolute Gasteiger partial charge is 0.431 e. The lowest BCUT2D eigenvalue weighted by Gasteiger charge is -2.39. The van der Waals surface area contributed by atoms with Crippen molar-refractivity contribution in [2.24, 2.45) is 5.41 Å². The monoisotopic (exact) mass is 592 g/mol. The first-order chi connectivity index (χ1) is 17.9. The number of nitrogens with zero attached hydrogens (tertiary/aromatic N) is 3. The number of sulfone groups is 1. The van der Waals surface area contributed by atoms with E-state index in [1.807, 2.05) is 20.8 Å². The van der Waals surface area contributed by atoms with Gasteiger partial charge in [-0.05, 0) is 42.7 Å². The maximum Gasteiger partial charge on any atom is 0.387 e. The molecule has 0 spiro atoms. The number of hydrogen-bond donors (Lipinski definition) is 3. The van der Waals surface area contributed by atoms with Crippen LogP contribution in [-0.2, 0) is 22.7 Å². The highest BCUT2D eigenvalue weighted by Crippen LogP contribution is 2.34. The van der Waals surface area contributed by atoms with Crippen LogP contribution in [0.25, 0.3) is 5.82 Å². The Bertz CT molecular complexity index is 1310. The van der Waals surface area contributed by atoms with Crippen molar-refractivity contribution in [3.63, 3.8) is 0 Å². The molecule has 2 aromatic rings. The van der Waals surface area contributed by atoms with Gasteiger partial charge in [0.05, 0.1) is 11.4 Å². The highest BCUT2D eigenvalue weighted by atomic mass is 35.5. The summed E-state index contributed by atoms with van der Waals surface area (Å²) in [5.41, 5.74) is -1.45. The van der Waals surface area contributed by atoms with E-state index >= 15 is 0 Å². The number of hydrogen-bond acceptors (Lipinski definition) is 8. The summed E-state index contributed by atoms with van der Waals surface area (Å²) in [6.07, 6.45) is 1.95. The molecule has 1 saturated carbocycles. The van der Waals surface area contributed by atoms with Crippen LogP contribution in [0.4, 0.5) is 8.78 Å². The second-order valence-corrected chi connectivity index (χ2v) is 13.8. The molecule has 3 atom stereocenters. The summed E-state index contributed by atoms with van der Waals surface area (Å²) in [7, 11) is -3.40. The number of aliphatic hydroxyl groups excluding tert-OH is 1. The number of nitrogens with one attached hydrogen (secondary N) is 1. The van der Waals surface area contributed by atoms with Crippen LogP contribution in [0.3, 0.4) is 0 Å². The van der Waals surface area contributed by atoms with Gasteiger partial charge in [0.15, 0.2) is 17.3 Å². The molecule has 2 aromatic heterocycles. The molecule has 14 heteroatoms. The summed E-state index contributed by atoms with van der Waals surface area (Å²) in [5.74, 6) is -0.810. The number of pyridine rings is 1. The zero-order valence-electron chi connectivity index (χ0n) is 22.5. The number of carbonyl (C=O) groups is 1. The highest BCUT2D eigenvalue weighted by Gasteiger charge is 2.44. The summed E-state index contributed by atoms with van der Waals surface area (Å²) >= 11 is 6.52. The SMILES string of the molecule is CCc1nc(C(=O)NC[C@]2(O)CC[C@@H](S(C)(=O)=O)C[C@H]2O)c(Cl)n1-c1ncc(CC(C)(C)C)cc1OC(F)F. The van der Waals surface area contributed by atoms with Gasteiger partial charge in [-0.2, -0.15) is 8.78 Å². The molecule has 0 radical (unpaired) electrons. The van der Waals surface area contributed by atoms with Gasteiger partial charge in [-0.25, -0.2) is 18.4 Å². The van der Waals surface area contributed by atoms with Crippen molar-refractivity contribution in [2.75, 3.05) is 12.8 Å². The van der Waals surface area contributed by atoms with E-state index in [0.29, 0.717) is 12.0 Å². The number of carbonyl (C=O) groups excluding carboxylic acids is 1. The fourth-order valence-electron chi connectivity index (χ4n) is 4.65. The molecule has 1 amide bonds. The Hall–Kier alpha value is -2.35. The molecular formula is C25H35ClF2N4O6S. The minimum atomic E-state index is -3.40. The van der Waals surface area contributed by atoms with Crippen LogP contribution in [0, 0.1) is 5.41 Å². The molecule has 1 fully saturated rings. The van der Waals surface area contributed by atoms with Gasteiger partial charge in [0.25, 0.3) is 5.91 Å². The first-order valence-corrected chi connectivity index (χ1v) is 14.9. The summed E-state index contributed by atoms with van der Waals surface area (Å²) in [6.45, 7) is 4.21. The van der Waals surface area contributed by atoms with E-state index in [2.05, 4.69) is 15.3 Å². The van der Waals surface area contributed by atoms with Crippen molar-refractivity contribution in [3.05, 3.63) is 34.5 Å². The molecule has 0 unspecified atom stereocenters. The Kier molecular flexibility index (Phi) is 9.30. The molecule has 39 heavy (non-hydrogen) atoms. The lowest BCUT2D eigenvalue weighted by molar-refractivity contribution is -0.0950. The van der Waals surface area contributed by atoms with E-state index in [0.717, 1.165) is 6.26 Å². The van der Waals surface area contributed by atoms with Gasteiger partial charge in [0, 0.05) is 25.4 Å². The van der Waals surface area contributed by atoms with Crippen molar-refractivity contribution in [1.29, 1.82) is 0 Å². The summed E-state index contributed by atoms with van der Waals surface area (Å²) in [4.78, 5) is 21.6. The maximum atomic E-state index is 13.3. The molecule has 3 N–H and O–H groups in total. The normalized spacial score (nSPS) is 22.2. The van der Waals surface area contributed by atoms with Crippen LogP contribution in [0.5, 0.6) is 5.75 Å². The van der Waals surface area contributed by atoms with E-state index in [4.69, 9.17) is 16.3 Å². The number of aliphatic hydroxyl groups is 2. The molecular weight excluding hydrogens is 558 g/mol. The van der Waals surface area contributed by atoms with Crippen molar-refractivity contribution in [2.45, 2.75) is 83.4 Å². The fourth-order valence-corrected chi connectivity index (χ4v) is 6.04. The highest BCUT2D eigenvalue weighted by molar-refractivity contribution is 7.91. The number of halogens is 3. The van der Waals surface area contributed by atoms with Gasteiger partial charge in [0.2, 0.25) is 0 Å². The molecule has 0 aliphatic heterocycles. The number of imidazole rings is 1. The summed E-state index contributed by atoms with van der Waals surface area (Å²) in [6, 6.07) is 1.46. The third-order valence-electron chi connectivity index (χ3n) is 6.64. The van der Waals surface area contributed by atoms with Gasteiger partial charge in [0.1, 0.15) is 26.4 Å². The van der Waals surface area contributed by atoms with Crippen molar-refractivity contribution < 1.29 is 36.9 Å². The van der Waals surface area contributed by atoms with E-state index in [1.165, 1.54) is 16.8 Å². The second-order valence-electron chi connectivity index (χ2n) is 11.2. The Morgan fingerprint density at radius 3 is 2.59 bits per heavy atom. The Morgan fingerprint density at radius 1 is 1.38 bits per heavy atom. The number of aromatic nitrogens is 3. The number of rotatable bonds is 9. The number of aryl methyl sites for hydroxylation is 1. The predicted molar refractivity (Wildman–Crippen MR) is 141 cm³/mol. The van der Waals surface area contributed by atoms with Crippen LogP contribution in [0.2, 0.25) is 5.15 Å². The zero-order valence-corrected chi connectivity index (χ0v) is 24.1. The van der Waals surface area contributed by atoms with E-state index in [1.54, 1.807) is 6.92 Å². The lowest BCUT2D eigenvalue weighted by atomic mass is 9.82. The van der Waals surface area contributed by atoms with Crippen molar-refractivity contribution >= 4 is 27.3 Å². The van der Waals surface area contributed by atoms with Gasteiger partial charge in [-0.3, -0.25) is 9.36 Å². The average Bonchev–Trinajstić information content (AvgIpc) is 3.13. The smallest absolute Gasteiger partial charge is 0.387 e. The molecule has 218 valence electrons. The van der Waals surface area contributed by atoms with E-state index in [9.17, 15) is 32.2 Å². The number of amides is 1. The topological polar surface area (TPSA) is 144 Å². The molecule has 3 rings (SSSR count). The average molecular weight is 593 g/mol. The predicted octanol–water partition coefficient (Wildman–Crippen LogP) is 3.09. The van der Waals surface area contributed by atoms with Gasteiger partial charge in [-0.1, -0.05) is 39.3 Å². The van der Waals surface area contributed by atoms with Gasteiger partial charge >= 0.3 is 6.61 Å². The van der Waals surface area contributed by atoms with Crippen LogP contribution in [0.1, 0.15) is 68.8 Å². The molecule has 2 heterocycles. The Balaban J connectivity index is 1.88. The Labute approximate surface area is 231 Å². The standard InChI is InChI=1S/C25H35ClF2N4O6S/c1-6-18-31-19(22(34)30-13-25(35)8-7-15(10-17(25)33)39(5,36)37)20(26)32(18)21-16(38-23(27)28)9-14(12-29-21)11-24(2,3)4/h9,12,15,17,23,33,35H,6-8,10-11,13H2,1-5H3,(H,30,34)/t15-,17-,25-/m1/s1. The minimum Gasteiger partial charge on any atom is -0.431 e. The van der Waals surface area contributed by atoms with Crippen LogP contribution >= 0.6 is 11.6 Å². The fraction of sp³-hybridized carbons (Fsp3) is 0.640. The minimum absolute atomic E-state index is 0.0479. The van der Waals surface area contributed by atoms with Crippen LogP contribution < -0.4 is 10.1 Å². The van der Waals surface area contributed by atoms with E-state index < -0.39 is 39.3 Å². The molecule has 0 aromatic carbocycles. The van der Waals surface area contributed by atoms with Gasteiger partial charge in [-0.15, -0.1) is 0 Å². The molecule has 10 nitrogen and oxygen atoms in total. The molecule has 0 saturated heterocycles. The number of alkyl halides is 2. The Morgan fingerprint density at radius 2 is 2.05 bits per heavy atom. The maximum absolute atomic E-state index is 13.3. The molecule has 1 aliphatic carbocycles. The zero-order chi connectivity index (χ0) is 29.3. The van der Waals surface area contributed by atoms with E-state index in [-0.39, 0.29) is 65.9 Å². The second kappa shape index (κ2) is 11.6. The summed E-state index contributed by atoms with van der Waals surface area (Å²) < 4.78 is 56.3. The molecule has 0 bridgehead atoms. The third kappa shape index (κ3) is 7.44. The van der Waals surface area contributed by atoms with Crippen LogP contribution in [-0.4, -0.2) is 75.4 Å². The lowest BCUT2D eigenvalue weighted by Crippen LogP contribution is -2.56. The third-order valence-corrected chi connectivity index (χ3v) is 8.63. The first kappa shape index (κ1) is 31.2. The summed E-state index contributed by atoms with van der Waals surface area (Å²) in [5, 5.41) is 22.8. The number of ether oxygens (including phenoxy) is 1.